The van der Waals surface area contributed by atoms with Gasteiger partial charge in [0.15, 0.2) is 11.5 Å². The van der Waals surface area contributed by atoms with E-state index in [4.69, 9.17) is 10.5 Å². The molecule has 1 saturated carbocycles. The Hall–Kier alpha value is -1.71. The van der Waals surface area contributed by atoms with Crippen LogP contribution in [0.1, 0.15) is 52.0 Å². The zero-order chi connectivity index (χ0) is 16.5. The van der Waals surface area contributed by atoms with E-state index in [2.05, 4.69) is 20.8 Å². The molecule has 22 heavy (non-hydrogen) atoms. The number of phenols is 1. The summed E-state index contributed by atoms with van der Waals surface area (Å²) in [6.45, 7) is 6.35. The van der Waals surface area contributed by atoms with Gasteiger partial charge in [0.25, 0.3) is 0 Å². The molecule has 3 N–H and O–H groups in total. The van der Waals surface area contributed by atoms with Gasteiger partial charge in [0.1, 0.15) is 0 Å². The van der Waals surface area contributed by atoms with Crippen LogP contribution in [0.4, 0.5) is 0 Å². The summed E-state index contributed by atoms with van der Waals surface area (Å²) in [7, 11) is 1.54. The van der Waals surface area contributed by atoms with Gasteiger partial charge in [-0.25, -0.2) is 0 Å². The van der Waals surface area contributed by atoms with Crippen LogP contribution in [0.3, 0.4) is 0 Å². The van der Waals surface area contributed by atoms with E-state index < -0.39 is 5.41 Å². The zero-order valence-corrected chi connectivity index (χ0v) is 14.0. The Morgan fingerprint density at radius 1 is 1.27 bits per heavy atom. The summed E-state index contributed by atoms with van der Waals surface area (Å²) in [5.74, 6) is 0.717. The number of ether oxygens (including phenoxy) is 1. The van der Waals surface area contributed by atoms with Crippen LogP contribution in [-0.4, -0.2) is 18.1 Å². The molecule has 1 amide bonds. The van der Waals surface area contributed by atoms with Gasteiger partial charge in [-0.15, -0.1) is 0 Å². The molecule has 1 aliphatic carbocycles. The Morgan fingerprint density at radius 2 is 1.86 bits per heavy atom. The molecule has 0 bridgehead atoms. The lowest BCUT2D eigenvalue weighted by Gasteiger charge is -2.45. The number of hydrogen-bond donors (Lipinski definition) is 2. The first kappa shape index (κ1) is 16.7. The molecule has 0 atom stereocenters. The average molecular weight is 305 g/mol. The van der Waals surface area contributed by atoms with Crippen molar-refractivity contribution < 1.29 is 14.6 Å². The molecule has 0 spiro atoms. The molecule has 1 fully saturated rings. The molecule has 1 aromatic carbocycles. The number of phenolic OH excluding ortho intramolecular Hbond substituents is 1. The standard InChI is InChI=1S/C18H27NO3/c1-12(2)18(16(19)21)9-7-17(3,8-10-18)13-5-6-15(22-4)14(20)11-13/h5-6,11-12,20H,7-10H2,1-4H3,(H2,19,21). The quantitative estimate of drug-likeness (QED) is 0.896. The monoisotopic (exact) mass is 305 g/mol. The molecule has 0 heterocycles. The van der Waals surface area contributed by atoms with Crippen LogP contribution in [0.2, 0.25) is 0 Å². The molecule has 1 aliphatic rings. The van der Waals surface area contributed by atoms with Crippen molar-refractivity contribution in [3.8, 4) is 11.5 Å². The zero-order valence-electron chi connectivity index (χ0n) is 14.0. The number of rotatable bonds is 4. The van der Waals surface area contributed by atoms with Crippen LogP contribution < -0.4 is 10.5 Å². The molecule has 0 aromatic heterocycles. The van der Waals surface area contributed by atoms with Gasteiger partial charge in [0.05, 0.1) is 12.5 Å². The van der Waals surface area contributed by atoms with E-state index in [1.54, 1.807) is 19.2 Å². The van der Waals surface area contributed by atoms with Gasteiger partial charge in [-0.2, -0.15) is 0 Å². The Morgan fingerprint density at radius 3 is 2.27 bits per heavy atom. The van der Waals surface area contributed by atoms with E-state index in [1.807, 2.05) is 6.07 Å². The third-order valence-corrected chi connectivity index (χ3v) is 5.72. The molecular weight excluding hydrogens is 278 g/mol. The minimum absolute atomic E-state index is 0.0441. The van der Waals surface area contributed by atoms with E-state index in [-0.39, 0.29) is 23.0 Å². The highest BCUT2D eigenvalue weighted by atomic mass is 16.5. The van der Waals surface area contributed by atoms with Crippen molar-refractivity contribution in [2.24, 2.45) is 17.1 Å². The first-order chi connectivity index (χ1) is 10.2. The predicted molar refractivity (Wildman–Crippen MR) is 86.9 cm³/mol. The Bertz CT molecular complexity index is 557. The second kappa shape index (κ2) is 5.82. The number of carbonyl (C=O) groups is 1. The van der Waals surface area contributed by atoms with Crippen LogP contribution in [0.5, 0.6) is 11.5 Å². The third kappa shape index (κ3) is 2.67. The van der Waals surface area contributed by atoms with Crippen LogP contribution >= 0.6 is 0 Å². The van der Waals surface area contributed by atoms with Crippen molar-refractivity contribution in [2.45, 2.75) is 51.9 Å². The fraction of sp³-hybridized carbons (Fsp3) is 0.611. The third-order valence-electron chi connectivity index (χ3n) is 5.72. The molecule has 0 aliphatic heterocycles. The predicted octanol–water partition coefficient (Wildman–Crippen LogP) is 3.36. The van der Waals surface area contributed by atoms with Gasteiger partial charge in [-0.1, -0.05) is 26.8 Å². The molecule has 0 unspecified atom stereocenters. The maximum atomic E-state index is 12.0. The van der Waals surface area contributed by atoms with Gasteiger partial charge in [-0.3, -0.25) is 4.79 Å². The molecule has 4 nitrogen and oxygen atoms in total. The van der Waals surface area contributed by atoms with Gasteiger partial charge < -0.3 is 15.6 Å². The van der Waals surface area contributed by atoms with Crippen molar-refractivity contribution in [2.75, 3.05) is 7.11 Å². The van der Waals surface area contributed by atoms with Gasteiger partial charge in [-0.05, 0) is 54.7 Å². The first-order valence-electron chi connectivity index (χ1n) is 7.92. The lowest BCUT2D eigenvalue weighted by atomic mass is 9.58. The summed E-state index contributed by atoms with van der Waals surface area (Å²) in [5.41, 5.74) is 6.35. The molecule has 122 valence electrons. The number of benzene rings is 1. The fourth-order valence-electron chi connectivity index (χ4n) is 3.71. The van der Waals surface area contributed by atoms with Gasteiger partial charge in [0, 0.05) is 0 Å². The van der Waals surface area contributed by atoms with Gasteiger partial charge >= 0.3 is 0 Å². The number of primary amides is 1. The normalized spacial score (nSPS) is 28.6. The van der Waals surface area contributed by atoms with Gasteiger partial charge in [0.2, 0.25) is 5.91 Å². The van der Waals surface area contributed by atoms with E-state index in [1.165, 1.54) is 0 Å². The van der Waals surface area contributed by atoms with Crippen LogP contribution in [0.25, 0.3) is 0 Å². The number of hydrogen-bond acceptors (Lipinski definition) is 3. The molecule has 2 rings (SSSR count). The second-order valence-electron chi connectivity index (χ2n) is 7.12. The number of carbonyl (C=O) groups excluding carboxylic acids is 1. The minimum Gasteiger partial charge on any atom is -0.504 e. The van der Waals surface area contributed by atoms with E-state index in [0.717, 1.165) is 31.2 Å². The van der Waals surface area contributed by atoms with Crippen molar-refractivity contribution in [1.29, 1.82) is 0 Å². The Kier molecular flexibility index (Phi) is 4.41. The molecule has 1 aromatic rings. The largest absolute Gasteiger partial charge is 0.504 e. The molecule has 0 saturated heterocycles. The maximum Gasteiger partial charge on any atom is 0.223 e. The highest BCUT2D eigenvalue weighted by Crippen LogP contribution is 2.50. The second-order valence-corrected chi connectivity index (χ2v) is 7.12. The summed E-state index contributed by atoms with van der Waals surface area (Å²) < 4.78 is 5.11. The van der Waals surface area contributed by atoms with E-state index >= 15 is 0 Å². The molecular formula is C18H27NO3. The Labute approximate surface area is 132 Å². The number of amides is 1. The molecule has 4 heteroatoms. The summed E-state index contributed by atoms with van der Waals surface area (Å²) in [4.78, 5) is 12.0. The van der Waals surface area contributed by atoms with Crippen molar-refractivity contribution >= 4 is 5.91 Å². The number of nitrogens with two attached hydrogens (primary N) is 1. The topological polar surface area (TPSA) is 72.5 Å². The summed E-state index contributed by atoms with van der Waals surface area (Å²) in [6, 6.07) is 5.59. The lowest BCUT2D eigenvalue weighted by Crippen LogP contribution is -2.46. The minimum atomic E-state index is -0.395. The van der Waals surface area contributed by atoms with Crippen molar-refractivity contribution in [3.05, 3.63) is 23.8 Å². The number of aromatic hydroxyl groups is 1. The van der Waals surface area contributed by atoms with Crippen molar-refractivity contribution in [3.63, 3.8) is 0 Å². The number of methoxy groups -OCH3 is 1. The lowest BCUT2D eigenvalue weighted by molar-refractivity contribution is -0.133. The van der Waals surface area contributed by atoms with Crippen LogP contribution in [0, 0.1) is 11.3 Å². The smallest absolute Gasteiger partial charge is 0.223 e. The van der Waals surface area contributed by atoms with Crippen molar-refractivity contribution in [1.82, 2.24) is 0 Å². The highest BCUT2D eigenvalue weighted by Gasteiger charge is 2.46. The van der Waals surface area contributed by atoms with E-state index in [0.29, 0.717) is 5.75 Å². The summed E-state index contributed by atoms with van der Waals surface area (Å²) in [6.07, 6.45) is 3.37. The first-order valence-corrected chi connectivity index (χ1v) is 7.92. The maximum absolute atomic E-state index is 12.0. The van der Waals surface area contributed by atoms with Crippen LogP contribution in [0.15, 0.2) is 18.2 Å². The van der Waals surface area contributed by atoms with E-state index in [9.17, 15) is 9.90 Å². The Balaban J connectivity index is 2.25. The summed E-state index contributed by atoms with van der Waals surface area (Å²) in [5, 5.41) is 10.0. The molecule has 0 radical (unpaired) electrons. The van der Waals surface area contributed by atoms with Crippen LogP contribution in [-0.2, 0) is 10.2 Å². The summed E-state index contributed by atoms with van der Waals surface area (Å²) >= 11 is 0. The fourth-order valence-corrected chi connectivity index (χ4v) is 3.71. The highest BCUT2D eigenvalue weighted by molar-refractivity contribution is 5.81. The SMILES string of the molecule is COc1ccc(C2(C)CCC(C(N)=O)(C(C)C)CC2)cc1O. The average Bonchev–Trinajstić information content (AvgIpc) is 2.47.